The zero-order valence-electron chi connectivity index (χ0n) is 7.40. The van der Waals surface area contributed by atoms with Gasteiger partial charge in [-0.15, -0.1) is 0 Å². The molecule has 2 rings (SSSR count). The van der Waals surface area contributed by atoms with Gasteiger partial charge in [-0.05, 0) is 19.1 Å². The van der Waals surface area contributed by atoms with E-state index in [1.807, 2.05) is 0 Å². The summed E-state index contributed by atoms with van der Waals surface area (Å²) in [6.45, 7) is 1.74. The van der Waals surface area contributed by atoms with E-state index < -0.39 is 0 Å². The number of rotatable bonds is 0. The summed E-state index contributed by atoms with van der Waals surface area (Å²) < 4.78 is 0. The molecular formula is C10H7Cl2NO. The van der Waals surface area contributed by atoms with Gasteiger partial charge in [0.15, 0.2) is 0 Å². The van der Waals surface area contributed by atoms with Crippen molar-refractivity contribution < 1.29 is 0 Å². The smallest absolute Gasteiger partial charge is 0.256 e. The molecule has 0 aliphatic heterocycles. The minimum absolute atomic E-state index is 0.163. The van der Waals surface area contributed by atoms with Crippen LogP contribution in [0.15, 0.2) is 23.0 Å². The van der Waals surface area contributed by atoms with Crippen LogP contribution in [-0.4, -0.2) is 4.98 Å². The summed E-state index contributed by atoms with van der Waals surface area (Å²) in [5.74, 6) is 0. The van der Waals surface area contributed by atoms with Gasteiger partial charge in [-0.25, -0.2) is 0 Å². The zero-order valence-corrected chi connectivity index (χ0v) is 8.91. The van der Waals surface area contributed by atoms with Crippen LogP contribution in [0.5, 0.6) is 0 Å². The van der Waals surface area contributed by atoms with Crippen LogP contribution >= 0.6 is 23.2 Å². The van der Waals surface area contributed by atoms with Gasteiger partial charge >= 0.3 is 0 Å². The van der Waals surface area contributed by atoms with Crippen LogP contribution in [0.4, 0.5) is 0 Å². The Bertz CT molecular complexity index is 560. The number of halogens is 2. The van der Waals surface area contributed by atoms with Gasteiger partial charge in [0.05, 0.1) is 10.0 Å². The van der Waals surface area contributed by atoms with Crippen LogP contribution < -0.4 is 5.56 Å². The normalized spacial score (nSPS) is 10.8. The summed E-state index contributed by atoms with van der Waals surface area (Å²) in [6, 6.07) is 5.14. The van der Waals surface area contributed by atoms with E-state index >= 15 is 0 Å². The molecule has 72 valence electrons. The van der Waals surface area contributed by atoms with Crippen molar-refractivity contribution in [3.63, 3.8) is 0 Å². The summed E-state index contributed by atoms with van der Waals surface area (Å²) in [6.07, 6.45) is 0. The van der Waals surface area contributed by atoms with Gasteiger partial charge in [0, 0.05) is 16.5 Å². The second kappa shape index (κ2) is 3.30. The van der Waals surface area contributed by atoms with Gasteiger partial charge in [-0.1, -0.05) is 29.3 Å². The number of aromatic nitrogens is 1. The molecule has 0 bridgehead atoms. The molecule has 0 saturated heterocycles. The number of H-pyrrole nitrogens is 1. The highest BCUT2D eigenvalue weighted by molar-refractivity contribution is 6.42. The molecule has 1 aromatic heterocycles. The highest BCUT2D eigenvalue weighted by Gasteiger charge is 2.09. The van der Waals surface area contributed by atoms with Gasteiger partial charge in [-0.3, -0.25) is 4.79 Å². The Morgan fingerprint density at radius 1 is 1.29 bits per heavy atom. The fourth-order valence-electron chi connectivity index (χ4n) is 1.42. The third-order valence-electron chi connectivity index (χ3n) is 2.11. The van der Waals surface area contributed by atoms with Crippen molar-refractivity contribution in [1.82, 2.24) is 4.98 Å². The maximum Gasteiger partial charge on any atom is 0.256 e. The molecule has 0 spiro atoms. The number of fused-ring (bicyclic) bond motifs is 1. The van der Waals surface area contributed by atoms with Crippen molar-refractivity contribution in [3.05, 3.63) is 44.3 Å². The molecule has 2 nitrogen and oxygen atoms in total. The molecule has 1 N–H and O–H groups in total. The Morgan fingerprint density at radius 2 is 2.00 bits per heavy atom. The molecule has 0 fully saturated rings. The van der Waals surface area contributed by atoms with Crippen LogP contribution in [0.25, 0.3) is 10.8 Å². The predicted molar refractivity (Wildman–Crippen MR) is 59.3 cm³/mol. The first kappa shape index (κ1) is 9.56. The molecule has 1 aromatic carbocycles. The van der Waals surface area contributed by atoms with E-state index in [1.54, 1.807) is 25.1 Å². The zero-order chi connectivity index (χ0) is 10.3. The van der Waals surface area contributed by atoms with E-state index in [-0.39, 0.29) is 5.56 Å². The maximum atomic E-state index is 11.5. The minimum atomic E-state index is -0.163. The predicted octanol–water partition coefficient (Wildman–Crippen LogP) is 3.14. The highest BCUT2D eigenvalue weighted by Crippen LogP contribution is 2.29. The molecule has 0 unspecified atom stereocenters. The molecule has 0 amide bonds. The first-order valence-corrected chi connectivity index (χ1v) is 4.83. The summed E-state index contributed by atoms with van der Waals surface area (Å²) in [4.78, 5) is 14.2. The fraction of sp³-hybridized carbons (Fsp3) is 0.100. The van der Waals surface area contributed by atoms with E-state index in [0.29, 0.717) is 26.5 Å². The SMILES string of the molecule is Cc1[nH]c(=O)c2cccc(Cl)c2c1Cl. The van der Waals surface area contributed by atoms with Crippen LogP contribution in [0, 0.1) is 6.92 Å². The number of nitrogens with one attached hydrogen (secondary N) is 1. The van der Waals surface area contributed by atoms with Crippen molar-refractivity contribution in [2.75, 3.05) is 0 Å². The molecule has 2 aromatic rings. The van der Waals surface area contributed by atoms with Crippen LogP contribution in [0.1, 0.15) is 5.69 Å². The summed E-state index contributed by atoms with van der Waals surface area (Å²) >= 11 is 12.0. The number of aryl methyl sites for hydroxylation is 1. The Hall–Kier alpha value is -0.990. The van der Waals surface area contributed by atoms with Gasteiger partial charge in [0.2, 0.25) is 0 Å². The van der Waals surface area contributed by atoms with Crippen molar-refractivity contribution in [2.45, 2.75) is 6.92 Å². The molecule has 14 heavy (non-hydrogen) atoms. The van der Waals surface area contributed by atoms with E-state index in [0.717, 1.165) is 0 Å². The number of hydrogen-bond acceptors (Lipinski definition) is 1. The van der Waals surface area contributed by atoms with Crippen LogP contribution in [0.2, 0.25) is 10.0 Å². The van der Waals surface area contributed by atoms with Crippen LogP contribution in [0.3, 0.4) is 0 Å². The van der Waals surface area contributed by atoms with E-state index in [9.17, 15) is 4.79 Å². The van der Waals surface area contributed by atoms with Crippen molar-refractivity contribution >= 4 is 34.0 Å². The Kier molecular flexibility index (Phi) is 2.25. The lowest BCUT2D eigenvalue weighted by Gasteiger charge is -2.04. The van der Waals surface area contributed by atoms with Crippen molar-refractivity contribution in [2.24, 2.45) is 0 Å². The summed E-state index contributed by atoms with van der Waals surface area (Å²) in [7, 11) is 0. The molecule has 1 heterocycles. The molecular weight excluding hydrogens is 221 g/mol. The van der Waals surface area contributed by atoms with Crippen molar-refractivity contribution in [3.8, 4) is 0 Å². The van der Waals surface area contributed by atoms with Gasteiger partial charge < -0.3 is 4.98 Å². The average molecular weight is 228 g/mol. The second-order valence-corrected chi connectivity index (χ2v) is 3.84. The van der Waals surface area contributed by atoms with Gasteiger partial charge in [-0.2, -0.15) is 0 Å². The fourth-order valence-corrected chi connectivity index (χ4v) is 1.98. The standard InChI is InChI=1S/C10H7Cl2NO/c1-5-9(12)8-6(10(14)13-5)3-2-4-7(8)11/h2-4H,1H3,(H,13,14). The van der Waals surface area contributed by atoms with Crippen molar-refractivity contribution in [1.29, 1.82) is 0 Å². The molecule has 0 saturated carbocycles. The quantitative estimate of drug-likeness (QED) is 0.738. The Balaban J connectivity index is 3.11. The molecule has 0 aliphatic carbocycles. The first-order valence-electron chi connectivity index (χ1n) is 4.08. The highest BCUT2D eigenvalue weighted by atomic mass is 35.5. The minimum Gasteiger partial charge on any atom is -0.324 e. The topological polar surface area (TPSA) is 32.9 Å². The third-order valence-corrected chi connectivity index (χ3v) is 2.90. The molecule has 4 heteroatoms. The molecule has 0 atom stereocenters. The van der Waals surface area contributed by atoms with E-state index in [1.165, 1.54) is 0 Å². The lowest BCUT2D eigenvalue weighted by molar-refractivity contribution is 1.17. The second-order valence-electron chi connectivity index (χ2n) is 3.06. The number of benzene rings is 1. The monoisotopic (exact) mass is 227 g/mol. The largest absolute Gasteiger partial charge is 0.324 e. The average Bonchev–Trinajstić information content (AvgIpc) is 2.14. The number of aromatic amines is 1. The van der Waals surface area contributed by atoms with Gasteiger partial charge in [0.25, 0.3) is 5.56 Å². The third kappa shape index (κ3) is 1.31. The Labute approximate surface area is 90.5 Å². The lowest BCUT2D eigenvalue weighted by atomic mass is 10.1. The van der Waals surface area contributed by atoms with Gasteiger partial charge in [0.1, 0.15) is 0 Å². The van der Waals surface area contributed by atoms with E-state index in [4.69, 9.17) is 23.2 Å². The first-order chi connectivity index (χ1) is 6.61. The van der Waals surface area contributed by atoms with Crippen LogP contribution in [-0.2, 0) is 0 Å². The van der Waals surface area contributed by atoms with E-state index in [2.05, 4.69) is 4.98 Å². The summed E-state index contributed by atoms with van der Waals surface area (Å²) in [5.41, 5.74) is 0.474. The summed E-state index contributed by atoms with van der Waals surface area (Å²) in [5, 5.41) is 2.15. The number of pyridine rings is 1. The lowest BCUT2D eigenvalue weighted by Crippen LogP contribution is -2.08. The Morgan fingerprint density at radius 3 is 2.71 bits per heavy atom. The maximum absolute atomic E-state index is 11.5. The molecule has 0 radical (unpaired) electrons. The molecule has 0 aliphatic rings. The number of hydrogen-bond donors (Lipinski definition) is 1.